The van der Waals surface area contributed by atoms with E-state index in [9.17, 15) is 0 Å². The lowest BCUT2D eigenvalue weighted by molar-refractivity contribution is 1.10. The summed E-state index contributed by atoms with van der Waals surface area (Å²) in [6, 6.07) is 5.41. The van der Waals surface area contributed by atoms with Crippen molar-refractivity contribution in [3.63, 3.8) is 0 Å². The van der Waals surface area contributed by atoms with Crippen LogP contribution in [-0.4, -0.2) is 19.9 Å². The Bertz CT molecular complexity index is 723. The van der Waals surface area contributed by atoms with Gasteiger partial charge in [-0.25, -0.2) is 15.0 Å². The van der Waals surface area contributed by atoms with Gasteiger partial charge >= 0.3 is 0 Å². The molecule has 1 aromatic carbocycles. The van der Waals surface area contributed by atoms with Crippen LogP contribution in [0.3, 0.4) is 0 Å². The predicted octanol–water partition coefficient (Wildman–Crippen LogP) is 2.20. The van der Waals surface area contributed by atoms with Crippen LogP contribution in [0, 0.1) is 0 Å². The molecule has 96 valence electrons. The van der Waals surface area contributed by atoms with Crippen molar-refractivity contribution >= 4 is 34.3 Å². The number of nitrogens with one attached hydrogen (secondary N) is 2. The average molecular weight is 275 g/mol. The largest absolute Gasteiger partial charge is 0.398 e. The van der Waals surface area contributed by atoms with Crippen molar-refractivity contribution in [3.8, 4) is 0 Å². The standard InChI is InChI=1S/C12H11ClN6/c13-8-2-1-7(9(14)3-8)4-15-11-10-12(17-5-16-10)19-6-18-11/h1-3,5-6H,4,14H2,(H2,15,16,17,18,19). The number of anilines is 2. The summed E-state index contributed by atoms with van der Waals surface area (Å²) in [6.07, 6.45) is 3.06. The van der Waals surface area contributed by atoms with E-state index in [0.29, 0.717) is 34.2 Å². The first-order valence-corrected chi connectivity index (χ1v) is 6.03. The van der Waals surface area contributed by atoms with Crippen LogP contribution in [0.4, 0.5) is 11.5 Å². The minimum Gasteiger partial charge on any atom is -0.398 e. The number of nitrogen functional groups attached to an aromatic ring is 1. The van der Waals surface area contributed by atoms with Gasteiger partial charge in [0.1, 0.15) is 11.8 Å². The maximum absolute atomic E-state index is 5.90. The highest BCUT2D eigenvalue weighted by atomic mass is 35.5. The van der Waals surface area contributed by atoms with E-state index in [2.05, 4.69) is 25.3 Å². The molecule has 0 aliphatic heterocycles. The van der Waals surface area contributed by atoms with Gasteiger partial charge in [-0.2, -0.15) is 0 Å². The summed E-state index contributed by atoms with van der Waals surface area (Å²) in [5, 5.41) is 3.82. The first kappa shape index (κ1) is 11.7. The van der Waals surface area contributed by atoms with Crippen LogP contribution in [0.5, 0.6) is 0 Å². The van der Waals surface area contributed by atoms with Gasteiger partial charge < -0.3 is 16.0 Å². The minimum atomic E-state index is 0.544. The molecule has 6 nitrogen and oxygen atoms in total. The summed E-state index contributed by atoms with van der Waals surface area (Å²) in [4.78, 5) is 15.3. The maximum Gasteiger partial charge on any atom is 0.162 e. The number of aromatic nitrogens is 4. The quantitative estimate of drug-likeness (QED) is 0.637. The van der Waals surface area contributed by atoms with E-state index in [1.807, 2.05) is 6.07 Å². The molecule has 2 aromatic heterocycles. The van der Waals surface area contributed by atoms with E-state index in [1.165, 1.54) is 6.33 Å². The number of H-pyrrole nitrogens is 1. The fraction of sp³-hybridized carbons (Fsp3) is 0.0833. The summed E-state index contributed by atoms with van der Waals surface area (Å²) in [5.41, 5.74) is 8.90. The molecule has 0 amide bonds. The van der Waals surface area contributed by atoms with Crippen molar-refractivity contribution in [2.45, 2.75) is 6.54 Å². The van der Waals surface area contributed by atoms with Crippen LogP contribution >= 0.6 is 11.6 Å². The molecule has 19 heavy (non-hydrogen) atoms. The van der Waals surface area contributed by atoms with E-state index < -0.39 is 0 Å². The number of imidazole rings is 1. The number of fused-ring (bicyclic) bond motifs is 1. The number of hydrogen-bond donors (Lipinski definition) is 3. The normalized spacial score (nSPS) is 10.8. The van der Waals surface area contributed by atoms with Crippen LogP contribution in [0.15, 0.2) is 30.9 Å². The van der Waals surface area contributed by atoms with Gasteiger partial charge in [0.05, 0.1) is 6.33 Å². The van der Waals surface area contributed by atoms with E-state index in [0.717, 1.165) is 5.56 Å². The lowest BCUT2D eigenvalue weighted by Crippen LogP contribution is -2.05. The number of benzene rings is 1. The molecular weight excluding hydrogens is 264 g/mol. The predicted molar refractivity (Wildman–Crippen MR) is 74.9 cm³/mol. The van der Waals surface area contributed by atoms with Gasteiger partial charge in [0, 0.05) is 17.3 Å². The van der Waals surface area contributed by atoms with E-state index in [4.69, 9.17) is 17.3 Å². The monoisotopic (exact) mass is 274 g/mol. The zero-order valence-corrected chi connectivity index (χ0v) is 10.6. The van der Waals surface area contributed by atoms with Crippen molar-refractivity contribution in [1.29, 1.82) is 0 Å². The highest BCUT2D eigenvalue weighted by Gasteiger charge is 2.06. The van der Waals surface area contributed by atoms with Crippen molar-refractivity contribution in [2.75, 3.05) is 11.1 Å². The third-order valence-corrected chi connectivity index (χ3v) is 3.01. The Hall–Kier alpha value is -2.34. The second kappa shape index (κ2) is 4.74. The second-order valence-electron chi connectivity index (χ2n) is 4.02. The van der Waals surface area contributed by atoms with Gasteiger partial charge in [-0.3, -0.25) is 0 Å². The summed E-state index contributed by atoms with van der Waals surface area (Å²) in [5.74, 6) is 0.667. The van der Waals surface area contributed by atoms with E-state index in [-0.39, 0.29) is 0 Å². The minimum absolute atomic E-state index is 0.544. The zero-order valence-electron chi connectivity index (χ0n) is 9.89. The van der Waals surface area contributed by atoms with Crippen LogP contribution in [-0.2, 0) is 6.54 Å². The average Bonchev–Trinajstić information content (AvgIpc) is 2.86. The zero-order chi connectivity index (χ0) is 13.2. The molecule has 0 saturated heterocycles. The number of aromatic amines is 1. The molecule has 3 rings (SSSR count). The van der Waals surface area contributed by atoms with Crippen molar-refractivity contribution in [3.05, 3.63) is 41.4 Å². The smallest absolute Gasteiger partial charge is 0.162 e. The number of halogens is 1. The molecule has 2 heterocycles. The van der Waals surface area contributed by atoms with Crippen LogP contribution in [0.25, 0.3) is 11.2 Å². The topological polar surface area (TPSA) is 92.5 Å². The maximum atomic E-state index is 5.90. The first-order valence-electron chi connectivity index (χ1n) is 5.66. The van der Waals surface area contributed by atoms with Gasteiger partial charge in [0.25, 0.3) is 0 Å². The number of nitrogens with zero attached hydrogens (tertiary/aromatic N) is 3. The molecule has 3 aromatic rings. The molecule has 4 N–H and O–H groups in total. The first-order chi connectivity index (χ1) is 9.24. The highest BCUT2D eigenvalue weighted by Crippen LogP contribution is 2.20. The van der Waals surface area contributed by atoms with Crippen LogP contribution in [0.2, 0.25) is 5.02 Å². The third kappa shape index (κ3) is 2.30. The molecule has 0 bridgehead atoms. The molecule has 0 aliphatic rings. The van der Waals surface area contributed by atoms with Crippen LogP contribution in [0.1, 0.15) is 5.56 Å². The highest BCUT2D eigenvalue weighted by molar-refractivity contribution is 6.30. The molecular formula is C12H11ClN6. The van der Waals surface area contributed by atoms with Crippen molar-refractivity contribution in [1.82, 2.24) is 19.9 Å². The molecule has 0 aliphatic carbocycles. The summed E-state index contributed by atoms with van der Waals surface area (Å²) in [6.45, 7) is 0.544. The molecule has 0 radical (unpaired) electrons. The number of nitrogens with two attached hydrogens (primary N) is 1. The van der Waals surface area contributed by atoms with Crippen LogP contribution < -0.4 is 11.1 Å². The molecule has 0 unspecified atom stereocenters. The van der Waals surface area contributed by atoms with E-state index >= 15 is 0 Å². The second-order valence-corrected chi connectivity index (χ2v) is 4.46. The van der Waals surface area contributed by atoms with Gasteiger partial charge in [-0.05, 0) is 17.7 Å². The molecule has 7 heteroatoms. The Morgan fingerprint density at radius 3 is 3.00 bits per heavy atom. The van der Waals surface area contributed by atoms with Crippen molar-refractivity contribution in [2.24, 2.45) is 0 Å². The lowest BCUT2D eigenvalue weighted by Gasteiger charge is -2.08. The van der Waals surface area contributed by atoms with Crippen molar-refractivity contribution < 1.29 is 0 Å². The summed E-state index contributed by atoms with van der Waals surface area (Å²) >= 11 is 5.86. The van der Waals surface area contributed by atoms with Gasteiger partial charge in [-0.15, -0.1) is 0 Å². The fourth-order valence-corrected chi connectivity index (χ4v) is 1.98. The lowest BCUT2D eigenvalue weighted by atomic mass is 10.2. The number of rotatable bonds is 3. The Kier molecular flexibility index (Phi) is 2.92. The van der Waals surface area contributed by atoms with Gasteiger partial charge in [-0.1, -0.05) is 17.7 Å². The molecule has 0 fully saturated rings. The number of hydrogen-bond acceptors (Lipinski definition) is 5. The fourth-order valence-electron chi connectivity index (χ4n) is 1.80. The Labute approximate surface area is 114 Å². The summed E-state index contributed by atoms with van der Waals surface area (Å²) in [7, 11) is 0. The molecule has 0 spiro atoms. The Morgan fingerprint density at radius 2 is 2.16 bits per heavy atom. The summed E-state index contributed by atoms with van der Waals surface area (Å²) < 4.78 is 0. The van der Waals surface area contributed by atoms with E-state index in [1.54, 1.807) is 18.5 Å². The Balaban J connectivity index is 1.84. The van der Waals surface area contributed by atoms with Gasteiger partial charge in [0.2, 0.25) is 0 Å². The van der Waals surface area contributed by atoms with Gasteiger partial charge in [0.15, 0.2) is 11.5 Å². The molecule has 0 saturated carbocycles. The SMILES string of the molecule is Nc1cc(Cl)ccc1CNc1ncnc2[nH]cnc12. The Morgan fingerprint density at radius 1 is 1.26 bits per heavy atom. The molecule has 0 atom stereocenters. The third-order valence-electron chi connectivity index (χ3n) is 2.77.